The molecule has 0 spiro atoms. The van der Waals surface area contributed by atoms with Crippen LogP contribution in [0.25, 0.3) is 0 Å². The summed E-state index contributed by atoms with van der Waals surface area (Å²) in [7, 11) is 0. The maximum atomic E-state index is 9.96. The lowest BCUT2D eigenvalue weighted by molar-refractivity contribution is 0.155. The van der Waals surface area contributed by atoms with Gasteiger partial charge in [0, 0.05) is 29.0 Å². The summed E-state index contributed by atoms with van der Waals surface area (Å²) in [5, 5.41) is 10.7. The summed E-state index contributed by atoms with van der Waals surface area (Å²) in [6, 6.07) is 10.1. The minimum Gasteiger partial charge on any atom is -0.388 e. The molecule has 1 aliphatic rings. The lowest BCUT2D eigenvalue weighted by Crippen LogP contribution is -2.12. The molecular weight excluding hydrogens is 258 g/mol. The first-order valence-electron chi connectivity index (χ1n) is 6.84. The zero-order chi connectivity index (χ0) is 13.2. The van der Waals surface area contributed by atoms with Gasteiger partial charge in [-0.15, -0.1) is 0 Å². The number of aromatic nitrogens is 1. The summed E-state index contributed by atoms with van der Waals surface area (Å²) in [5.41, 5.74) is 3.73. The van der Waals surface area contributed by atoms with E-state index in [0.29, 0.717) is 0 Å². The predicted molar refractivity (Wildman–Crippen MR) is 77.5 cm³/mol. The number of fused-ring (bicyclic) bond motifs is 1. The third-order valence-corrected chi connectivity index (χ3v) is 4.17. The van der Waals surface area contributed by atoms with Crippen LogP contribution in [0.15, 0.2) is 36.5 Å². The van der Waals surface area contributed by atoms with Gasteiger partial charge < -0.3 is 9.67 Å². The van der Waals surface area contributed by atoms with E-state index < -0.39 is 0 Å². The first-order chi connectivity index (χ1) is 9.24. The van der Waals surface area contributed by atoms with E-state index >= 15 is 0 Å². The maximum Gasteiger partial charge on any atom is 0.0807 e. The van der Waals surface area contributed by atoms with Crippen molar-refractivity contribution in [2.24, 2.45) is 0 Å². The normalized spacial score (nSPS) is 18.3. The first-order valence-corrected chi connectivity index (χ1v) is 7.22. The quantitative estimate of drug-likeness (QED) is 0.907. The molecule has 0 amide bonds. The van der Waals surface area contributed by atoms with Crippen molar-refractivity contribution >= 4 is 11.6 Å². The summed E-state index contributed by atoms with van der Waals surface area (Å²) in [5.74, 6) is 0. The molecule has 1 N–H and O–H groups in total. The van der Waals surface area contributed by atoms with Crippen molar-refractivity contribution in [1.82, 2.24) is 4.57 Å². The van der Waals surface area contributed by atoms with Gasteiger partial charge in [0.05, 0.1) is 6.10 Å². The Morgan fingerprint density at radius 3 is 2.79 bits per heavy atom. The number of hydrogen-bond donors (Lipinski definition) is 1. The van der Waals surface area contributed by atoms with Gasteiger partial charge in [0.15, 0.2) is 0 Å². The molecule has 1 aromatic heterocycles. The van der Waals surface area contributed by atoms with Crippen molar-refractivity contribution in [2.75, 3.05) is 0 Å². The molecule has 0 bridgehead atoms. The van der Waals surface area contributed by atoms with Crippen LogP contribution in [0.1, 0.15) is 35.8 Å². The fraction of sp³-hybridized carbons (Fsp3) is 0.375. The molecular formula is C16H18ClNO. The van der Waals surface area contributed by atoms with Crippen molar-refractivity contribution < 1.29 is 5.11 Å². The van der Waals surface area contributed by atoms with Gasteiger partial charge in [-0.2, -0.15) is 0 Å². The average molecular weight is 276 g/mol. The highest BCUT2D eigenvalue weighted by Gasteiger charge is 2.20. The van der Waals surface area contributed by atoms with Crippen LogP contribution in [0.2, 0.25) is 5.02 Å². The molecule has 2 nitrogen and oxygen atoms in total. The van der Waals surface area contributed by atoms with E-state index in [1.165, 1.54) is 11.3 Å². The van der Waals surface area contributed by atoms with Crippen LogP contribution in [-0.4, -0.2) is 9.67 Å². The van der Waals surface area contributed by atoms with Gasteiger partial charge in [-0.3, -0.25) is 0 Å². The van der Waals surface area contributed by atoms with Crippen molar-refractivity contribution in [3.8, 4) is 0 Å². The number of aliphatic hydroxyl groups is 1. The predicted octanol–water partition coefficient (Wildman–Crippen LogP) is 3.75. The van der Waals surface area contributed by atoms with Gasteiger partial charge in [-0.05, 0) is 49.4 Å². The Kier molecular flexibility index (Phi) is 3.63. The summed E-state index contributed by atoms with van der Waals surface area (Å²) >= 11 is 5.89. The molecule has 0 aliphatic heterocycles. The molecule has 19 heavy (non-hydrogen) atoms. The Labute approximate surface area is 118 Å². The Hall–Kier alpha value is -1.25. The topological polar surface area (TPSA) is 25.2 Å². The van der Waals surface area contributed by atoms with Crippen molar-refractivity contribution in [2.45, 2.75) is 38.3 Å². The molecule has 0 saturated carbocycles. The number of hydrogen-bond acceptors (Lipinski definition) is 1. The second-order valence-corrected chi connectivity index (χ2v) is 5.63. The van der Waals surface area contributed by atoms with Crippen LogP contribution in [0.3, 0.4) is 0 Å². The van der Waals surface area contributed by atoms with Crippen LogP contribution in [0, 0.1) is 0 Å². The van der Waals surface area contributed by atoms with E-state index in [0.717, 1.165) is 42.8 Å². The lowest BCUT2D eigenvalue weighted by atomic mass is 9.95. The van der Waals surface area contributed by atoms with Gasteiger partial charge in [-0.25, -0.2) is 0 Å². The fourth-order valence-electron chi connectivity index (χ4n) is 2.84. The Morgan fingerprint density at radius 2 is 2.00 bits per heavy atom. The highest BCUT2D eigenvalue weighted by molar-refractivity contribution is 6.30. The average Bonchev–Trinajstić information content (AvgIpc) is 2.83. The smallest absolute Gasteiger partial charge is 0.0807 e. The van der Waals surface area contributed by atoms with Crippen LogP contribution in [0.4, 0.5) is 0 Å². The standard InChI is InChI=1S/C16H18ClNO/c17-13-6-4-12(5-7-13)8-10-18-11-9-14-15(18)2-1-3-16(14)19/h4-7,9,11,16,19H,1-3,8,10H2. The number of nitrogens with zero attached hydrogens (tertiary/aromatic N) is 1. The van der Waals surface area contributed by atoms with Crippen molar-refractivity contribution in [1.29, 1.82) is 0 Å². The molecule has 0 saturated heterocycles. The van der Waals surface area contributed by atoms with Crippen LogP contribution in [0.5, 0.6) is 0 Å². The molecule has 1 atom stereocenters. The molecule has 1 aromatic carbocycles. The number of aryl methyl sites for hydroxylation is 2. The van der Waals surface area contributed by atoms with Crippen LogP contribution < -0.4 is 0 Å². The minimum atomic E-state index is -0.263. The molecule has 1 unspecified atom stereocenters. The van der Waals surface area contributed by atoms with Crippen molar-refractivity contribution in [3.63, 3.8) is 0 Å². The second-order valence-electron chi connectivity index (χ2n) is 5.20. The van der Waals surface area contributed by atoms with Crippen LogP contribution >= 0.6 is 11.6 Å². The summed E-state index contributed by atoms with van der Waals surface area (Å²) < 4.78 is 2.28. The number of rotatable bonds is 3. The lowest BCUT2D eigenvalue weighted by Gasteiger charge is -2.20. The molecule has 1 aliphatic carbocycles. The van der Waals surface area contributed by atoms with Gasteiger partial charge in [0.2, 0.25) is 0 Å². The molecule has 1 heterocycles. The fourth-order valence-corrected chi connectivity index (χ4v) is 2.97. The summed E-state index contributed by atoms with van der Waals surface area (Å²) in [4.78, 5) is 0. The SMILES string of the molecule is OC1CCCc2c1ccn2CCc1ccc(Cl)cc1. The molecule has 2 aromatic rings. The molecule has 0 radical (unpaired) electrons. The van der Waals surface area contributed by atoms with E-state index in [4.69, 9.17) is 11.6 Å². The van der Waals surface area contributed by atoms with E-state index in [2.05, 4.69) is 29.0 Å². The Morgan fingerprint density at radius 1 is 1.21 bits per heavy atom. The van der Waals surface area contributed by atoms with Gasteiger partial charge >= 0.3 is 0 Å². The molecule has 0 fully saturated rings. The largest absolute Gasteiger partial charge is 0.388 e. The van der Waals surface area contributed by atoms with Gasteiger partial charge in [0.25, 0.3) is 0 Å². The van der Waals surface area contributed by atoms with E-state index in [1.54, 1.807) is 0 Å². The Balaban J connectivity index is 1.72. The third-order valence-electron chi connectivity index (χ3n) is 3.92. The highest BCUT2D eigenvalue weighted by Crippen LogP contribution is 2.30. The summed E-state index contributed by atoms with van der Waals surface area (Å²) in [6.07, 6.45) is 5.90. The third kappa shape index (κ3) is 2.70. The maximum absolute atomic E-state index is 9.96. The highest BCUT2D eigenvalue weighted by atomic mass is 35.5. The molecule has 3 rings (SSSR count). The van der Waals surface area contributed by atoms with Crippen molar-refractivity contribution in [3.05, 3.63) is 58.4 Å². The van der Waals surface area contributed by atoms with Gasteiger partial charge in [-0.1, -0.05) is 23.7 Å². The minimum absolute atomic E-state index is 0.263. The Bertz CT molecular complexity index is 559. The van der Waals surface area contributed by atoms with Gasteiger partial charge in [0.1, 0.15) is 0 Å². The van der Waals surface area contributed by atoms with Crippen LogP contribution in [-0.2, 0) is 19.4 Å². The van der Waals surface area contributed by atoms with E-state index in [1.807, 2.05) is 12.1 Å². The van der Waals surface area contributed by atoms with E-state index in [-0.39, 0.29) is 6.10 Å². The number of halogens is 1. The number of benzene rings is 1. The second kappa shape index (κ2) is 5.40. The first kappa shape index (κ1) is 12.8. The molecule has 3 heteroatoms. The number of aliphatic hydroxyl groups excluding tert-OH is 1. The monoisotopic (exact) mass is 275 g/mol. The molecule has 100 valence electrons. The zero-order valence-corrected chi connectivity index (χ0v) is 11.6. The summed E-state index contributed by atoms with van der Waals surface area (Å²) in [6.45, 7) is 0.962. The van der Waals surface area contributed by atoms with E-state index in [9.17, 15) is 5.11 Å². The zero-order valence-electron chi connectivity index (χ0n) is 10.8.